The lowest BCUT2D eigenvalue weighted by Gasteiger charge is -2.28. The highest BCUT2D eigenvalue weighted by Gasteiger charge is 2.54. The van der Waals surface area contributed by atoms with Crippen molar-refractivity contribution in [3.8, 4) is 11.1 Å². The lowest BCUT2D eigenvalue weighted by Crippen LogP contribution is -2.41. The van der Waals surface area contributed by atoms with Crippen LogP contribution in [-0.2, 0) is 28.5 Å². The first kappa shape index (κ1) is 31.5. The van der Waals surface area contributed by atoms with Crippen LogP contribution in [0.25, 0.3) is 22.3 Å². The summed E-state index contributed by atoms with van der Waals surface area (Å²) in [4.78, 5) is 52.3. The van der Waals surface area contributed by atoms with Crippen molar-refractivity contribution in [1.29, 1.82) is 0 Å². The van der Waals surface area contributed by atoms with Crippen molar-refractivity contribution in [1.82, 2.24) is 19.5 Å². The molecule has 0 bridgehead atoms. The highest BCUT2D eigenvalue weighted by atomic mass is 35.5. The molecule has 11 nitrogen and oxygen atoms in total. The summed E-state index contributed by atoms with van der Waals surface area (Å²) in [7, 11) is 0. The average molecular weight is 667 g/mol. The molecule has 0 N–H and O–H groups in total. The third-order valence-corrected chi connectivity index (χ3v) is 8.67. The predicted octanol–water partition coefficient (Wildman–Crippen LogP) is 6.38. The van der Waals surface area contributed by atoms with Gasteiger partial charge in [-0.2, -0.15) is 0 Å². The van der Waals surface area contributed by atoms with Crippen molar-refractivity contribution in [3.63, 3.8) is 0 Å². The van der Waals surface area contributed by atoms with Gasteiger partial charge in [-0.05, 0) is 53.8 Å². The second-order valence-electron chi connectivity index (χ2n) is 11.8. The molecule has 0 unspecified atom stereocenters. The largest absolute Gasteiger partial charge is 0.455 e. The molecule has 0 radical (unpaired) electrons. The molecule has 0 amide bonds. The summed E-state index contributed by atoms with van der Waals surface area (Å²) in [6.07, 6.45) is -0.609. The van der Waals surface area contributed by atoms with E-state index in [1.54, 1.807) is 41.0 Å². The van der Waals surface area contributed by atoms with Crippen LogP contribution in [0.4, 0.5) is 0 Å². The van der Waals surface area contributed by atoms with E-state index >= 15 is 0 Å². The summed E-state index contributed by atoms with van der Waals surface area (Å²) in [5.41, 5.74) is 4.67. The molecule has 3 heterocycles. The Morgan fingerprint density at radius 3 is 2.17 bits per heavy atom. The number of aromatic nitrogens is 4. The third kappa shape index (κ3) is 6.39. The highest BCUT2D eigenvalue weighted by molar-refractivity contribution is 6.30. The molecule has 0 spiro atoms. The molecule has 1 aliphatic carbocycles. The first-order chi connectivity index (χ1) is 23.3. The van der Waals surface area contributed by atoms with Crippen molar-refractivity contribution in [3.05, 3.63) is 113 Å². The molecule has 5 aromatic rings. The van der Waals surface area contributed by atoms with Crippen LogP contribution in [0.2, 0.25) is 5.02 Å². The fraction of sp³-hybridized carbons (Fsp3) is 0.278. The second kappa shape index (κ2) is 13.2. The molecule has 1 aliphatic heterocycles. The van der Waals surface area contributed by atoms with Crippen LogP contribution in [0.1, 0.15) is 66.6 Å². The molecule has 3 aromatic carbocycles. The first-order valence-electron chi connectivity index (χ1n) is 15.6. The van der Waals surface area contributed by atoms with Crippen LogP contribution in [0.15, 0.2) is 91.5 Å². The lowest BCUT2D eigenvalue weighted by atomic mass is 9.98. The summed E-state index contributed by atoms with van der Waals surface area (Å²) in [6.45, 7) is 2.50. The Hall–Kier alpha value is -5.13. The Labute approximate surface area is 280 Å². The van der Waals surface area contributed by atoms with Gasteiger partial charge in [0, 0.05) is 24.8 Å². The van der Waals surface area contributed by atoms with Crippen molar-refractivity contribution in [2.24, 2.45) is 0 Å². The molecular weight excluding hydrogens is 636 g/mol. The summed E-state index contributed by atoms with van der Waals surface area (Å²) < 4.78 is 26.0. The van der Waals surface area contributed by atoms with E-state index in [0.29, 0.717) is 33.2 Å². The van der Waals surface area contributed by atoms with Gasteiger partial charge in [0.15, 0.2) is 30.2 Å². The van der Waals surface area contributed by atoms with Crippen LogP contribution in [0.5, 0.6) is 0 Å². The zero-order chi connectivity index (χ0) is 33.4. The van der Waals surface area contributed by atoms with Gasteiger partial charge in [-0.1, -0.05) is 66.2 Å². The van der Waals surface area contributed by atoms with Crippen LogP contribution in [-0.4, -0.2) is 55.7 Å². The van der Waals surface area contributed by atoms with E-state index in [1.807, 2.05) is 42.5 Å². The normalized spacial score (nSPS) is 21.1. The predicted molar refractivity (Wildman–Crippen MR) is 174 cm³/mol. The topological polar surface area (TPSA) is 132 Å². The Morgan fingerprint density at radius 2 is 1.50 bits per heavy atom. The van der Waals surface area contributed by atoms with Crippen molar-refractivity contribution < 1.29 is 33.3 Å². The fourth-order valence-electron chi connectivity index (χ4n) is 6.08. The number of rotatable bonds is 9. The molecule has 2 aliphatic rings. The van der Waals surface area contributed by atoms with Gasteiger partial charge >= 0.3 is 17.9 Å². The number of hydrogen-bond acceptors (Lipinski definition) is 10. The Bertz CT molecular complexity index is 1960. The fourth-order valence-corrected chi connectivity index (χ4v) is 6.20. The number of halogens is 1. The Balaban J connectivity index is 1.27. The molecular formula is C36H31ClN4O7. The van der Waals surface area contributed by atoms with Crippen molar-refractivity contribution in [2.45, 2.75) is 63.3 Å². The quantitative estimate of drug-likeness (QED) is 0.129. The van der Waals surface area contributed by atoms with E-state index < -0.39 is 48.6 Å². The van der Waals surface area contributed by atoms with Gasteiger partial charge in [0.2, 0.25) is 0 Å². The second-order valence-corrected chi connectivity index (χ2v) is 12.3. The number of hydrogen-bond donors (Lipinski definition) is 0. The Kier molecular flexibility index (Phi) is 8.63. The Morgan fingerprint density at radius 1 is 0.833 bits per heavy atom. The maximum Gasteiger partial charge on any atom is 0.338 e. The van der Waals surface area contributed by atoms with E-state index in [-0.39, 0.29) is 0 Å². The lowest BCUT2D eigenvalue weighted by molar-refractivity contribution is -0.166. The minimum atomic E-state index is -1.19. The summed E-state index contributed by atoms with van der Waals surface area (Å²) in [5, 5.41) is 0.468. The van der Waals surface area contributed by atoms with E-state index in [0.717, 1.165) is 29.7 Å². The average Bonchev–Trinajstić information content (AvgIpc) is 3.77. The zero-order valence-electron chi connectivity index (χ0n) is 26.1. The molecule has 1 saturated carbocycles. The van der Waals surface area contributed by atoms with Crippen LogP contribution in [0, 0.1) is 0 Å². The number of esters is 3. The van der Waals surface area contributed by atoms with Gasteiger partial charge in [-0.3, -0.25) is 14.2 Å². The number of carbonyl (C=O) groups excluding carboxylic acids is 3. The smallest absolute Gasteiger partial charge is 0.338 e. The first-order valence-corrected chi connectivity index (χ1v) is 15.9. The van der Waals surface area contributed by atoms with E-state index in [2.05, 4.69) is 15.0 Å². The molecule has 244 valence electrons. The maximum atomic E-state index is 13.8. The van der Waals surface area contributed by atoms with E-state index in [1.165, 1.54) is 26.5 Å². The van der Waals surface area contributed by atoms with Gasteiger partial charge in [0.25, 0.3) is 0 Å². The van der Waals surface area contributed by atoms with E-state index in [4.69, 9.17) is 30.5 Å². The maximum absolute atomic E-state index is 13.8. The molecule has 12 heteroatoms. The summed E-state index contributed by atoms with van der Waals surface area (Å²) in [5.74, 6) is -1.60. The minimum Gasteiger partial charge on any atom is -0.455 e. The van der Waals surface area contributed by atoms with Crippen LogP contribution >= 0.6 is 11.6 Å². The van der Waals surface area contributed by atoms with E-state index in [9.17, 15) is 14.4 Å². The monoisotopic (exact) mass is 666 g/mol. The molecule has 2 aromatic heterocycles. The van der Waals surface area contributed by atoms with Gasteiger partial charge in [0.05, 0.1) is 17.6 Å². The standard InChI is InChI=1S/C36H31ClN4O7/c1-20(42)45-32-31(47-35(33(32)46-21(2)43)41-19-40-29-28(24-10-11-24)38-18-39-34(29)41)30(25-14-16-27(37)17-15-25)48-36(44)26-12-8-23(9-13-26)22-6-4-3-5-7-22/h3-9,12-19,24,30-33,35H,10-11H2,1-2H3/t30-,31-,32-,33-,35-/m1/s1. The number of benzene rings is 3. The molecule has 7 rings (SSSR count). The molecule has 1 saturated heterocycles. The summed E-state index contributed by atoms with van der Waals surface area (Å²) in [6, 6.07) is 23.5. The number of ether oxygens (including phenoxy) is 4. The molecule has 2 fully saturated rings. The van der Waals surface area contributed by atoms with Crippen LogP contribution in [0.3, 0.4) is 0 Å². The van der Waals surface area contributed by atoms with Gasteiger partial charge in [0.1, 0.15) is 17.9 Å². The number of fused-ring (bicyclic) bond motifs is 1. The van der Waals surface area contributed by atoms with Crippen molar-refractivity contribution in [2.75, 3.05) is 0 Å². The molecule has 5 atom stereocenters. The third-order valence-electron chi connectivity index (χ3n) is 8.41. The van der Waals surface area contributed by atoms with Crippen LogP contribution < -0.4 is 0 Å². The van der Waals surface area contributed by atoms with Gasteiger partial charge < -0.3 is 18.9 Å². The SMILES string of the molecule is CC(=O)O[C@H]1[C@@H](OC(C)=O)[C@H](n2cnc3c(C4CC4)ncnc32)O[C@@H]1[C@H](OC(=O)c1ccc(-c2ccccc2)cc1)c1ccc(Cl)cc1. The highest BCUT2D eigenvalue weighted by Crippen LogP contribution is 2.44. The van der Waals surface area contributed by atoms with Gasteiger partial charge in [-0.15, -0.1) is 0 Å². The van der Waals surface area contributed by atoms with Crippen molar-refractivity contribution >= 4 is 40.7 Å². The zero-order valence-corrected chi connectivity index (χ0v) is 26.8. The number of carbonyl (C=O) groups is 3. The summed E-state index contributed by atoms with van der Waals surface area (Å²) >= 11 is 6.22. The molecule has 48 heavy (non-hydrogen) atoms. The number of nitrogens with zero attached hydrogens (tertiary/aromatic N) is 4. The minimum absolute atomic E-state index is 0.296. The number of imidazole rings is 1. The van der Waals surface area contributed by atoms with Gasteiger partial charge in [-0.25, -0.2) is 19.7 Å².